The molecule has 2 aromatic heterocycles. The van der Waals surface area contributed by atoms with Crippen molar-refractivity contribution in [2.45, 2.75) is 19.4 Å². The second kappa shape index (κ2) is 7.88. The maximum Gasteiger partial charge on any atom is 0.225 e. The number of nitrogens with zero attached hydrogens (tertiary/aromatic N) is 2. The Morgan fingerprint density at radius 1 is 1.21 bits per heavy atom. The lowest BCUT2D eigenvalue weighted by molar-refractivity contribution is -0.120. The van der Waals surface area contributed by atoms with E-state index in [-0.39, 0.29) is 11.7 Å². The third kappa shape index (κ3) is 4.52. The minimum atomic E-state index is -0.245. The quantitative estimate of drug-likeness (QED) is 0.668. The number of carbonyl (C=O) groups is 1. The van der Waals surface area contributed by atoms with Gasteiger partial charge in [-0.1, -0.05) is 12.1 Å². The third-order valence-electron chi connectivity index (χ3n) is 3.60. The zero-order chi connectivity index (χ0) is 16.8. The number of imidazole rings is 1. The van der Waals surface area contributed by atoms with Crippen LogP contribution in [0.15, 0.2) is 55.1 Å². The molecule has 0 aliphatic rings. The summed E-state index contributed by atoms with van der Waals surface area (Å²) in [5.74, 6) is -0.223. The fourth-order valence-electron chi connectivity index (χ4n) is 2.37. The number of rotatable bonds is 7. The number of aromatic nitrogens is 2. The summed E-state index contributed by atoms with van der Waals surface area (Å²) in [4.78, 5) is 18.0. The summed E-state index contributed by atoms with van der Waals surface area (Å²) in [7, 11) is 0. The Morgan fingerprint density at radius 3 is 2.79 bits per heavy atom. The Hall–Kier alpha value is -2.47. The molecule has 1 amide bonds. The zero-order valence-electron chi connectivity index (χ0n) is 13.1. The van der Waals surface area contributed by atoms with Crippen LogP contribution in [-0.4, -0.2) is 22.0 Å². The van der Waals surface area contributed by atoms with Gasteiger partial charge >= 0.3 is 0 Å². The van der Waals surface area contributed by atoms with E-state index in [1.807, 2.05) is 22.9 Å². The van der Waals surface area contributed by atoms with Crippen molar-refractivity contribution < 1.29 is 9.18 Å². The predicted octanol–water partition coefficient (Wildman–Crippen LogP) is 3.50. The van der Waals surface area contributed by atoms with Crippen LogP contribution in [0.3, 0.4) is 0 Å². The molecule has 0 aliphatic carbocycles. The minimum absolute atomic E-state index is 0.0214. The van der Waals surface area contributed by atoms with Crippen molar-refractivity contribution in [3.05, 3.63) is 65.8 Å². The maximum absolute atomic E-state index is 13.0. The third-order valence-corrected chi connectivity index (χ3v) is 4.73. The van der Waals surface area contributed by atoms with Gasteiger partial charge in [0.05, 0.1) is 12.7 Å². The molecule has 6 heteroatoms. The van der Waals surface area contributed by atoms with E-state index in [0.29, 0.717) is 13.0 Å². The molecular weight excluding hydrogens is 325 g/mol. The fourth-order valence-corrected chi connectivity index (χ4v) is 3.38. The van der Waals surface area contributed by atoms with Crippen LogP contribution in [0.5, 0.6) is 0 Å². The largest absolute Gasteiger partial charge is 0.356 e. The molecule has 0 fully saturated rings. The van der Waals surface area contributed by atoms with Crippen molar-refractivity contribution in [3.63, 3.8) is 0 Å². The number of hydrogen-bond acceptors (Lipinski definition) is 3. The van der Waals surface area contributed by atoms with E-state index in [2.05, 4.69) is 10.3 Å². The van der Waals surface area contributed by atoms with E-state index in [4.69, 9.17) is 0 Å². The van der Waals surface area contributed by atoms with Gasteiger partial charge in [-0.2, -0.15) is 0 Å². The minimum Gasteiger partial charge on any atom is -0.356 e. The zero-order valence-corrected chi connectivity index (χ0v) is 13.9. The summed E-state index contributed by atoms with van der Waals surface area (Å²) in [5, 5.41) is 2.93. The Kier molecular flexibility index (Phi) is 5.38. The summed E-state index contributed by atoms with van der Waals surface area (Å²) >= 11 is 1.56. The standard InChI is InChI=1S/C18H18FN3OS/c19-15-4-2-14(3-5-15)17-7-6-16(24-17)12-18(23)21-8-1-10-22-11-9-20-13-22/h2-7,9,11,13H,1,8,10,12H2,(H,21,23). The molecule has 3 rings (SSSR count). The fraction of sp³-hybridized carbons (Fsp3) is 0.222. The SMILES string of the molecule is O=C(Cc1ccc(-c2ccc(F)cc2)s1)NCCCn1ccnc1. The van der Waals surface area contributed by atoms with Gasteiger partial charge in [0.15, 0.2) is 0 Å². The van der Waals surface area contributed by atoms with Crippen LogP contribution in [0.25, 0.3) is 10.4 Å². The summed E-state index contributed by atoms with van der Waals surface area (Å²) in [6.07, 6.45) is 6.66. The van der Waals surface area contributed by atoms with Crippen molar-refractivity contribution >= 4 is 17.2 Å². The number of benzene rings is 1. The Morgan fingerprint density at radius 2 is 2.04 bits per heavy atom. The lowest BCUT2D eigenvalue weighted by atomic mass is 10.2. The number of hydrogen-bond donors (Lipinski definition) is 1. The molecule has 3 aromatic rings. The van der Waals surface area contributed by atoms with Gasteiger partial charge in [-0.15, -0.1) is 11.3 Å². The molecular formula is C18H18FN3OS. The molecule has 0 radical (unpaired) electrons. The first-order valence-corrected chi connectivity index (χ1v) is 8.59. The first-order chi connectivity index (χ1) is 11.7. The van der Waals surface area contributed by atoms with Crippen LogP contribution in [-0.2, 0) is 17.8 Å². The van der Waals surface area contributed by atoms with Crippen LogP contribution in [0.4, 0.5) is 4.39 Å². The van der Waals surface area contributed by atoms with Crippen molar-refractivity contribution in [1.82, 2.24) is 14.9 Å². The molecule has 0 aliphatic heterocycles. The molecule has 0 bridgehead atoms. The molecule has 2 heterocycles. The summed E-state index contributed by atoms with van der Waals surface area (Å²) < 4.78 is 14.9. The van der Waals surface area contributed by atoms with Gasteiger partial charge in [0.1, 0.15) is 5.82 Å². The van der Waals surface area contributed by atoms with Crippen LogP contribution < -0.4 is 5.32 Å². The highest BCUT2D eigenvalue weighted by molar-refractivity contribution is 7.15. The van der Waals surface area contributed by atoms with Crippen molar-refractivity contribution in [2.75, 3.05) is 6.54 Å². The average molecular weight is 343 g/mol. The van der Waals surface area contributed by atoms with E-state index in [1.54, 1.807) is 36.0 Å². The molecule has 0 unspecified atom stereocenters. The van der Waals surface area contributed by atoms with E-state index in [0.717, 1.165) is 28.3 Å². The molecule has 1 N–H and O–H groups in total. The maximum atomic E-state index is 13.0. The average Bonchev–Trinajstić information content (AvgIpc) is 3.24. The number of carbonyl (C=O) groups excluding carboxylic acids is 1. The predicted molar refractivity (Wildman–Crippen MR) is 93.3 cm³/mol. The number of thiophene rings is 1. The monoisotopic (exact) mass is 343 g/mol. The first kappa shape index (κ1) is 16.4. The number of aryl methyl sites for hydroxylation is 1. The van der Waals surface area contributed by atoms with Crippen LogP contribution >= 0.6 is 11.3 Å². The second-order valence-corrected chi connectivity index (χ2v) is 6.62. The van der Waals surface area contributed by atoms with Crippen molar-refractivity contribution in [1.29, 1.82) is 0 Å². The van der Waals surface area contributed by atoms with Crippen LogP contribution in [0.1, 0.15) is 11.3 Å². The van der Waals surface area contributed by atoms with Crippen LogP contribution in [0.2, 0.25) is 0 Å². The molecule has 0 saturated carbocycles. The van der Waals surface area contributed by atoms with E-state index >= 15 is 0 Å². The number of halogens is 1. The summed E-state index contributed by atoms with van der Waals surface area (Å²) in [5.41, 5.74) is 0.966. The smallest absolute Gasteiger partial charge is 0.225 e. The lowest BCUT2D eigenvalue weighted by Gasteiger charge is -2.05. The highest BCUT2D eigenvalue weighted by Gasteiger charge is 2.07. The lowest BCUT2D eigenvalue weighted by Crippen LogP contribution is -2.26. The molecule has 0 spiro atoms. The summed E-state index contributed by atoms with van der Waals surface area (Å²) in [6, 6.07) is 10.3. The number of amides is 1. The molecule has 0 saturated heterocycles. The summed E-state index contributed by atoms with van der Waals surface area (Å²) in [6.45, 7) is 1.49. The molecule has 0 atom stereocenters. The van der Waals surface area contributed by atoms with Gasteiger partial charge in [0.25, 0.3) is 0 Å². The molecule has 1 aromatic carbocycles. The van der Waals surface area contributed by atoms with Crippen LogP contribution in [0, 0.1) is 5.82 Å². The Labute approximate surface area is 144 Å². The Balaban J connectivity index is 1.45. The van der Waals surface area contributed by atoms with E-state index < -0.39 is 0 Å². The second-order valence-electron chi connectivity index (χ2n) is 5.45. The normalized spacial score (nSPS) is 10.7. The molecule has 24 heavy (non-hydrogen) atoms. The van der Waals surface area contributed by atoms with Gasteiger partial charge in [-0.05, 0) is 36.2 Å². The van der Waals surface area contributed by atoms with Crippen molar-refractivity contribution in [2.24, 2.45) is 0 Å². The van der Waals surface area contributed by atoms with Gasteiger partial charge in [0, 0.05) is 35.2 Å². The van der Waals surface area contributed by atoms with Gasteiger partial charge in [0.2, 0.25) is 5.91 Å². The molecule has 4 nitrogen and oxygen atoms in total. The molecule has 124 valence electrons. The van der Waals surface area contributed by atoms with E-state index in [9.17, 15) is 9.18 Å². The highest BCUT2D eigenvalue weighted by Crippen LogP contribution is 2.28. The Bertz CT molecular complexity index is 781. The topological polar surface area (TPSA) is 46.9 Å². The highest BCUT2D eigenvalue weighted by atomic mass is 32.1. The first-order valence-electron chi connectivity index (χ1n) is 7.78. The van der Waals surface area contributed by atoms with Gasteiger partial charge in [-0.25, -0.2) is 9.37 Å². The van der Waals surface area contributed by atoms with Gasteiger partial charge < -0.3 is 9.88 Å². The van der Waals surface area contributed by atoms with E-state index in [1.165, 1.54) is 12.1 Å². The van der Waals surface area contributed by atoms with Crippen molar-refractivity contribution in [3.8, 4) is 10.4 Å². The van der Waals surface area contributed by atoms with Gasteiger partial charge in [-0.3, -0.25) is 4.79 Å². The number of nitrogens with one attached hydrogen (secondary N) is 1.